The predicted octanol–water partition coefficient (Wildman–Crippen LogP) is 3.85. The Morgan fingerprint density at radius 3 is 2.59 bits per heavy atom. The van der Waals surface area contributed by atoms with Gasteiger partial charge in [-0.25, -0.2) is 0 Å². The Kier molecular flexibility index (Phi) is 5.47. The van der Waals surface area contributed by atoms with E-state index >= 15 is 0 Å². The number of benzene rings is 1. The molecule has 1 aromatic carbocycles. The fourth-order valence-corrected chi connectivity index (χ4v) is 2.24. The summed E-state index contributed by atoms with van der Waals surface area (Å²) in [5, 5.41) is 3.35. The largest absolute Gasteiger partial charge is 0.493 e. The first-order valence-corrected chi connectivity index (χ1v) is 6.78. The van der Waals surface area contributed by atoms with Crippen molar-refractivity contribution in [3.63, 3.8) is 0 Å². The maximum absolute atomic E-state index is 5.74. The number of halogens is 1. The summed E-state index contributed by atoms with van der Waals surface area (Å²) in [4.78, 5) is 0. The van der Waals surface area contributed by atoms with Gasteiger partial charge in [0.25, 0.3) is 0 Å². The minimum Gasteiger partial charge on any atom is -0.493 e. The SMILES string of the molecule is CNC(CCOc1cccc(Br)c1)C(C)(C)C. The van der Waals surface area contributed by atoms with E-state index in [1.807, 2.05) is 31.3 Å². The molecule has 1 atom stereocenters. The molecule has 0 aliphatic rings. The van der Waals surface area contributed by atoms with Gasteiger partial charge in [0, 0.05) is 10.5 Å². The number of hydrogen-bond donors (Lipinski definition) is 1. The molecule has 96 valence electrons. The van der Waals surface area contributed by atoms with Crippen LogP contribution in [0, 0.1) is 5.41 Å². The minimum atomic E-state index is 0.259. The van der Waals surface area contributed by atoms with Crippen LogP contribution in [-0.2, 0) is 0 Å². The van der Waals surface area contributed by atoms with Crippen LogP contribution in [0.25, 0.3) is 0 Å². The molecule has 17 heavy (non-hydrogen) atoms. The third-order valence-corrected chi connectivity index (χ3v) is 3.36. The normalized spacial score (nSPS) is 13.5. The Labute approximate surface area is 113 Å². The maximum atomic E-state index is 5.74. The predicted molar refractivity (Wildman–Crippen MR) is 76.6 cm³/mol. The summed E-state index contributed by atoms with van der Waals surface area (Å²) in [6, 6.07) is 8.42. The van der Waals surface area contributed by atoms with Crippen molar-refractivity contribution >= 4 is 15.9 Å². The summed E-state index contributed by atoms with van der Waals surface area (Å²) >= 11 is 3.44. The molecule has 0 bridgehead atoms. The Morgan fingerprint density at radius 1 is 1.35 bits per heavy atom. The second-order valence-electron chi connectivity index (χ2n) is 5.30. The molecule has 1 rings (SSSR count). The summed E-state index contributed by atoms with van der Waals surface area (Å²) in [5.74, 6) is 0.920. The Bertz CT molecular complexity index is 346. The average Bonchev–Trinajstić information content (AvgIpc) is 2.22. The summed E-state index contributed by atoms with van der Waals surface area (Å²) in [5.41, 5.74) is 0.259. The van der Waals surface area contributed by atoms with Crippen LogP contribution >= 0.6 is 15.9 Å². The summed E-state index contributed by atoms with van der Waals surface area (Å²) < 4.78 is 6.80. The molecule has 1 N–H and O–H groups in total. The fourth-order valence-electron chi connectivity index (χ4n) is 1.86. The van der Waals surface area contributed by atoms with E-state index in [0.717, 1.165) is 23.2 Å². The van der Waals surface area contributed by atoms with Crippen LogP contribution in [0.4, 0.5) is 0 Å². The monoisotopic (exact) mass is 299 g/mol. The molecule has 1 unspecified atom stereocenters. The van der Waals surface area contributed by atoms with Gasteiger partial charge in [0.05, 0.1) is 6.61 Å². The molecular formula is C14H22BrNO. The molecule has 0 aliphatic heterocycles. The highest BCUT2D eigenvalue weighted by atomic mass is 79.9. The first kappa shape index (κ1) is 14.5. The quantitative estimate of drug-likeness (QED) is 0.891. The second-order valence-corrected chi connectivity index (χ2v) is 6.22. The summed E-state index contributed by atoms with van der Waals surface area (Å²) in [6.07, 6.45) is 1.01. The van der Waals surface area contributed by atoms with Crippen LogP contribution < -0.4 is 10.1 Å². The van der Waals surface area contributed by atoms with E-state index in [2.05, 4.69) is 42.0 Å². The van der Waals surface area contributed by atoms with Crippen molar-refractivity contribution in [1.29, 1.82) is 0 Å². The molecule has 0 aliphatic carbocycles. The first-order valence-electron chi connectivity index (χ1n) is 5.99. The number of hydrogen-bond acceptors (Lipinski definition) is 2. The second kappa shape index (κ2) is 6.41. The van der Waals surface area contributed by atoms with E-state index in [1.165, 1.54) is 0 Å². The lowest BCUT2D eigenvalue weighted by Gasteiger charge is -2.30. The Hall–Kier alpha value is -0.540. The molecule has 0 spiro atoms. The van der Waals surface area contributed by atoms with E-state index < -0.39 is 0 Å². The van der Waals surface area contributed by atoms with Crippen molar-refractivity contribution in [1.82, 2.24) is 5.32 Å². The molecule has 0 fully saturated rings. The molecule has 0 saturated heterocycles. The van der Waals surface area contributed by atoms with Crippen LogP contribution in [0.5, 0.6) is 5.75 Å². The van der Waals surface area contributed by atoms with Gasteiger partial charge < -0.3 is 10.1 Å². The zero-order valence-corrected chi connectivity index (χ0v) is 12.7. The van der Waals surface area contributed by atoms with Gasteiger partial charge >= 0.3 is 0 Å². The lowest BCUT2D eigenvalue weighted by molar-refractivity contribution is 0.216. The van der Waals surface area contributed by atoms with Crippen molar-refractivity contribution in [2.24, 2.45) is 5.41 Å². The van der Waals surface area contributed by atoms with Crippen molar-refractivity contribution in [3.8, 4) is 5.75 Å². The Balaban J connectivity index is 2.42. The van der Waals surface area contributed by atoms with Gasteiger partial charge in [-0.05, 0) is 37.1 Å². The lowest BCUT2D eigenvalue weighted by atomic mass is 9.85. The van der Waals surface area contributed by atoms with Gasteiger partial charge in [-0.3, -0.25) is 0 Å². The molecule has 0 amide bonds. The van der Waals surface area contributed by atoms with Gasteiger partial charge in [0.1, 0.15) is 5.75 Å². The third kappa shape index (κ3) is 5.09. The minimum absolute atomic E-state index is 0.259. The molecule has 0 radical (unpaired) electrons. The van der Waals surface area contributed by atoms with Gasteiger partial charge in [0.2, 0.25) is 0 Å². The van der Waals surface area contributed by atoms with Gasteiger partial charge in [-0.1, -0.05) is 42.8 Å². The number of nitrogens with one attached hydrogen (secondary N) is 1. The van der Waals surface area contributed by atoms with Crippen LogP contribution in [0.15, 0.2) is 28.7 Å². The number of ether oxygens (including phenoxy) is 1. The average molecular weight is 300 g/mol. The highest BCUT2D eigenvalue weighted by molar-refractivity contribution is 9.10. The van der Waals surface area contributed by atoms with E-state index in [-0.39, 0.29) is 5.41 Å². The van der Waals surface area contributed by atoms with Crippen LogP contribution in [-0.4, -0.2) is 19.7 Å². The molecule has 3 heteroatoms. The Morgan fingerprint density at radius 2 is 2.06 bits per heavy atom. The van der Waals surface area contributed by atoms with E-state index in [0.29, 0.717) is 6.04 Å². The summed E-state index contributed by atoms with van der Waals surface area (Å²) in [6.45, 7) is 7.47. The topological polar surface area (TPSA) is 21.3 Å². The molecule has 0 saturated carbocycles. The van der Waals surface area contributed by atoms with E-state index in [1.54, 1.807) is 0 Å². The van der Waals surface area contributed by atoms with Crippen molar-refractivity contribution in [3.05, 3.63) is 28.7 Å². The third-order valence-electron chi connectivity index (χ3n) is 2.87. The molecule has 0 heterocycles. The van der Waals surface area contributed by atoms with Gasteiger partial charge in [-0.15, -0.1) is 0 Å². The van der Waals surface area contributed by atoms with Crippen molar-refractivity contribution in [2.75, 3.05) is 13.7 Å². The molecular weight excluding hydrogens is 278 g/mol. The van der Waals surface area contributed by atoms with Crippen molar-refractivity contribution < 1.29 is 4.74 Å². The van der Waals surface area contributed by atoms with E-state index in [4.69, 9.17) is 4.74 Å². The molecule has 0 aromatic heterocycles. The maximum Gasteiger partial charge on any atom is 0.120 e. The first-order chi connectivity index (χ1) is 7.93. The van der Waals surface area contributed by atoms with Crippen molar-refractivity contribution in [2.45, 2.75) is 33.2 Å². The van der Waals surface area contributed by atoms with Gasteiger partial charge in [0.15, 0.2) is 0 Å². The summed E-state index contributed by atoms with van der Waals surface area (Å²) in [7, 11) is 2.01. The van der Waals surface area contributed by atoms with Crippen LogP contribution in [0.2, 0.25) is 0 Å². The zero-order valence-electron chi connectivity index (χ0n) is 11.1. The zero-order chi connectivity index (χ0) is 12.9. The molecule has 1 aromatic rings. The van der Waals surface area contributed by atoms with Gasteiger partial charge in [-0.2, -0.15) is 0 Å². The lowest BCUT2D eigenvalue weighted by Crippen LogP contribution is -2.39. The molecule has 2 nitrogen and oxygen atoms in total. The van der Waals surface area contributed by atoms with E-state index in [9.17, 15) is 0 Å². The highest BCUT2D eigenvalue weighted by Gasteiger charge is 2.22. The highest BCUT2D eigenvalue weighted by Crippen LogP contribution is 2.22. The number of rotatable bonds is 5. The fraction of sp³-hybridized carbons (Fsp3) is 0.571. The standard InChI is InChI=1S/C14H22BrNO/c1-14(2,3)13(16-4)8-9-17-12-7-5-6-11(15)10-12/h5-7,10,13,16H,8-9H2,1-4H3. The van der Waals surface area contributed by atoms with Crippen LogP contribution in [0.1, 0.15) is 27.2 Å². The van der Waals surface area contributed by atoms with Crippen LogP contribution in [0.3, 0.4) is 0 Å². The smallest absolute Gasteiger partial charge is 0.120 e.